The lowest BCUT2D eigenvalue weighted by Gasteiger charge is -2.35. The standard InChI is InChI=1S/C18H25N5O2/c1-18(2)6-5-15(25-18)13-21-17(24)23-9-7-22(8-10-23)16-4-3-14(11-19)12-20-16/h3-4,12,15H,5-10,13H2,1-2H3,(H,21,24). The second-order valence-corrected chi connectivity index (χ2v) is 7.22. The zero-order valence-electron chi connectivity index (χ0n) is 14.9. The molecule has 25 heavy (non-hydrogen) atoms. The number of carbonyl (C=O) groups is 1. The van der Waals surface area contributed by atoms with Gasteiger partial charge in [-0.3, -0.25) is 0 Å². The molecule has 0 bridgehead atoms. The first kappa shape index (κ1) is 17.5. The molecule has 1 atom stereocenters. The number of ether oxygens (including phenoxy) is 1. The number of nitrogens with zero attached hydrogens (tertiary/aromatic N) is 4. The molecule has 0 radical (unpaired) electrons. The Hall–Kier alpha value is -2.33. The fourth-order valence-electron chi connectivity index (χ4n) is 3.31. The van der Waals surface area contributed by atoms with Gasteiger partial charge in [0.25, 0.3) is 0 Å². The fourth-order valence-corrected chi connectivity index (χ4v) is 3.31. The van der Waals surface area contributed by atoms with Gasteiger partial charge in [0.1, 0.15) is 11.9 Å². The predicted molar refractivity (Wildman–Crippen MR) is 94.3 cm³/mol. The monoisotopic (exact) mass is 343 g/mol. The van der Waals surface area contributed by atoms with Crippen LogP contribution in [-0.2, 0) is 4.74 Å². The largest absolute Gasteiger partial charge is 0.371 e. The van der Waals surface area contributed by atoms with Crippen LogP contribution in [0.2, 0.25) is 0 Å². The number of hydrogen-bond acceptors (Lipinski definition) is 5. The van der Waals surface area contributed by atoms with Crippen LogP contribution in [0.1, 0.15) is 32.3 Å². The second kappa shape index (κ2) is 7.28. The molecule has 1 aromatic heterocycles. The Bertz CT molecular complexity index is 644. The van der Waals surface area contributed by atoms with Gasteiger partial charge in [-0.15, -0.1) is 0 Å². The van der Waals surface area contributed by atoms with Gasteiger partial charge in [0.15, 0.2) is 0 Å². The van der Waals surface area contributed by atoms with Gasteiger partial charge in [0.05, 0.1) is 17.3 Å². The van der Waals surface area contributed by atoms with E-state index in [1.54, 1.807) is 12.3 Å². The van der Waals surface area contributed by atoms with E-state index in [0.717, 1.165) is 31.7 Å². The lowest BCUT2D eigenvalue weighted by atomic mass is 10.1. The smallest absolute Gasteiger partial charge is 0.317 e. The fraction of sp³-hybridized carbons (Fsp3) is 0.611. The van der Waals surface area contributed by atoms with Crippen LogP contribution in [0.4, 0.5) is 10.6 Å². The van der Waals surface area contributed by atoms with Crippen LogP contribution in [0.25, 0.3) is 0 Å². The van der Waals surface area contributed by atoms with Crippen LogP contribution in [0.15, 0.2) is 18.3 Å². The highest BCUT2D eigenvalue weighted by Crippen LogP contribution is 2.28. The number of urea groups is 1. The molecule has 1 unspecified atom stereocenters. The van der Waals surface area contributed by atoms with Gasteiger partial charge in [-0.25, -0.2) is 9.78 Å². The zero-order valence-corrected chi connectivity index (χ0v) is 14.9. The maximum Gasteiger partial charge on any atom is 0.317 e. The minimum atomic E-state index is -0.0743. The van der Waals surface area contributed by atoms with Gasteiger partial charge in [-0.05, 0) is 38.8 Å². The second-order valence-electron chi connectivity index (χ2n) is 7.22. The first-order chi connectivity index (χ1) is 12.0. The van der Waals surface area contributed by atoms with Crippen molar-refractivity contribution in [2.45, 2.75) is 38.4 Å². The van der Waals surface area contributed by atoms with Crippen LogP contribution in [0.3, 0.4) is 0 Å². The van der Waals surface area contributed by atoms with E-state index in [2.05, 4.69) is 35.1 Å². The molecule has 2 saturated heterocycles. The van der Waals surface area contributed by atoms with Gasteiger partial charge >= 0.3 is 6.03 Å². The maximum absolute atomic E-state index is 12.3. The van der Waals surface area contributed by atoms with Crippen molar-refractivity contribution in [1.82, 2.24) is 15.2 Å². The molecule has 2 aliphatic rings. The number of nitrogens with one attached hydrogen (secondary N) is 1. The van der Waals surface area contributed by atoms with E-state index in [9.17, 15) is 4.79 Å². The van der Waals surface area contributed by atoms with Crippen molar-refractivity contribution in [3.8, 4) is 6.07 Å². The first-order valence-electron chi connectivity index (χ1n) is 8.78. The molecule has 2 fully saturated rings. The summed E-state index contributed by atoms with van der Waals surface area (Å²) >= 11 is 0. The van der Waals surface area contributed by atoms with Crippen LogP contribution in [0, 0.1) is 11.3 Å². The maximum atomic E-state index is 12.3. The minimum Gasteiger partial charge on any atom is -0.371 e. The van der Waals surface area contributed by atoms with E-state index in [1.165, 1.54) is 0 Å². The average Bonchev–Trinajstić information content (AvgIpc) is 2.99. The van der Waals surface area contributed by atoms with Crippen LogP contribution in [0.5, 0.6) is 0 Å². The molecule has 0 spiro atoms. The van der Waals surface area contributed by atoms with Crippen LogP contribution >= 0.6 is 0 Å². The minimum absolute atomic E-state index is 0.0271. The summed E-state index contributed by atoms with van der Waals surface area (Å²) < 4.78 is 5.91. The number of pyridine rings is 1. The molecule has 7 heteroatoms. The Morgan fingerprint density at radius 2 is 2.16 bits per heavy atom. The Morgan fingerprint density at radius 3 is 2.72 bits per heavy atom. The van der Waals surface area contributed by atoms with Crippen molar-refractivity contribution in [3.63, 3.8) is 0 Å². The summed E-state index contributed by atoms with van der Waals surface area (Å²) in [6.45, 7) is 7.53. The molecule has 2 aliphatic heterocycles. The normalized spacial score (nSPS) is 22.5. The van der Waals surface area contributed by atoms with Crippen molar-refractivity contribution >= 4 is 11.8 Å². The van der Waals surface area contributed by atoms with Gasteiger partial charge in [-0.1, -0.05) is 0 Å². The number of nitriles is 1. The molecule has 3 rings (SSSR count). The third-order valence-electron chi connectivity index (χ3n) is 4.80. The van der Waals surface area contributed by atoms with E-state index < -0.39 is 0 Å². The Morgan fingerprint density at radius 1 is 1.40 bits per heavy atom. The highest BCUT2D eigenvalue weighted by atomic mass is 16.5. The third kappa shape index (κ3) is 4.40. The SMILES string of the molecule is CC1(C)CCC(CNC(=O)N2CCN(c3ccc(C#N)cn3)CC2)O1. The number of amides is 2. The summed E-state index contributed by atoms with van der Waals surface area (Å²) in [5, 5.41) is 11.8. The van der Waals surface area contributed by atoms with Crippen molar-refractivity contribution in [3.05, 3.63) is 23.9 Å². The Kier molecular flexibility index (Phi) is 5.09. The summed E-state index contributed by atoms with van der Waals surface area (Å²) in [6.07, 6.45) is 3.72. The summed E-state index contributed by atoms with van der Waals surface area (Å²) in [5.74, 6) is 0.848. The number of anilines is 1. The van der Waals surface area contributed by atoms with Crippen LogP contribution in [-0.4, -0.2) is 60.3 Å². The van der Waals surface area contributed by atoms with E-state index in [1.807, 2.05) is 11.0 Å². The van der Waals surface area contributed by atoms with Crippen molar-refractivity contribution in [2.24, 2.45) is 0 Å². The van der Waals surface area contributed by atoms with E-state index in [-0.39, 0.29) is 17.7 Å². The highest BCUT2D eigenvalue weighted by Gasteiger charge is 2.32. The molecular weight excluding hydrogens is 318 g/mol. The summed E-state index contributed by atoms with van der Waals surface area (Å²) in [6, 6.07) is 5.66. The van der Waals surface area contributed by atoms with E-state index >= 15 is 0 Å². The van der Waals surface area contributed by atoms with Crippen molar-refractivity contribution < 1.29 is 9.53 Å². The summed E-state index contributed by atoms with van der Waals surface area (Å²) in [5.41, 5.74) is 0.480. The molecule has 3 heterocycles. The molecule has 0 aliphatic carbocycles. The van der Waals surface area contributed by atoms with Gasteiger partial charge in [0, 0.05) is 38.9 Å². The predicted octanol–water partition coefficient (Wildman–Crippen LogP) is 1.74. The zero-order chi connectivity index (χ0) is 17.9. The molecular formula is C18H25N5O2. The van der Waals surface area contributed by atoms with Crippen molar-refractivity contribution in [2.75, 3.05) is 37.6 Å². The Labute approximate surface area is 148 Å². The molecule has 1 aromatic rings. The first-order valence-corrected chi connectivity index (χ1v) is 8.78. The molecule has 2 amide bonds. The number of aromatic nitrogens is 1. The Balaban J connectivity index is 1.43. The van der Waals surface area contributed by atoms with E-state index in [0.29, 0.717) is 25.2 Å². The lowest BCUT2D eigenvalue weighted by molar-refractivity contribution is -0.0135. The molecule has 0 aromatic carbocycles. The number of rotatable bonds is 3. The lowest BCUT2D eigenvalue weighted by Crippen LogP contribution is -2.52. The topological polar surface area (TPSA) is 81.5 Å². The van der Waals surface area contributed by atoms with Crippen molar-refractivity contribution in [1.29, 1.82) is 5.26 Å². The number of piperazine rings is 1. The van der Waals surface area contributed by atoms with E-state index in [4.69, 9.17) is 10.00 Å². The molecule has 0 saturated carbocycles. The van der Waals surface area contributed by atoms with Gasteiger partial charge in [0.2, 0.25) is 0 Å². The number of carbonyl (C=O) groups excluding carboxylic acids is 1. The average molecular weight is 343 g/mol. The third-order valence-corrected chi connectivity index (χ3v) is 4.80. The number of hydrogen-bond donors (Lipinski definition) is 1. The summed E-state index contributed by atoms with van der Waals surface area (Å²) in [7, 11) is 0. The molecule has 7 nitrogen and oxygen atoms in total. The highest BCUT2D eigenvalue weighted by molar-refractivity contribution is 5.74. The van der Waals surface area contributed by atoms with Gasteiger partial charge in [-0.2, -0.15) is 5.26 Å². The molecule has 1 N–H and O–H groups in total. The van der Waals surface area contributed by atoms with Crippen LogP contribution < -0.4 is 10.2 Å². The summed E-state index contributed by atoms with van der Waals surface area (Å²) in [4.78, 5) is 20.6. The van der Waals surface area contributed by atoms with Gasteiger partial charge < -0.3 is 19.9 Å². The quantitative estimate of drug-likeness (QED) is 0.904. The molecule has 134 valence electrons.